The molecule has 0 aliphatic heterocycles. The quantitative estimate of drug-likeness (QED) is 0.848. The Kier molecular flexibility index (Phi) is 4.12. The van der Waals surface area contributed by atoms with E-state index < -0.39 is 23.3 Å². The number of carboxylic acids is 1. The summed E-state index contributed by atoms with van der Waals surface area (Å²) in [5.74, 6) is 1.33. The molecule has 1 aliphatic carbocycles. The molecule has 1 N–H and O–H groups in total. The monoisotopic (exact) mass is 297 g/mol. The summed E-state index contributed by atoms with van der Waals surface area (Å²) in [5, 5.41) is 8.85. The van der Waals surface area contributed by atoms with Crippen molar-refractivity contribution < 1.29 is 23.1 Å². The SMILES string of the molecule is C#CCN(CC1CC1)c1ccc(C(=O)O)cc1C(F)(F)F. The van der Waals surface area contributed by atoms with Gasteiger partial charge in [0.25, 0.3) is 0 Å². The fraction of sp³-hybridized carbons (Fsp3) is 0.400. The summed E-state index contributed by atoms with van der Waals surface area (Å²) in [5.41, 5.74) is -1.41. The van der Waals surface area contributed by atoms with E-state index >= 15 is 0 Å². The van der Waals surface area contributed by atoms with Crippen molar-refractivity contribution in [2.75, 3.05) is 18.0 Å². The first-order valence-electron chi connectivity index (χ1n) is 6.46. The molecular weight excluding hydrogens is 283 g/mol. The number of hydrogen-bond acceptors (Lipinski definition) is 2. The highest BCUT2D eigenvalue weighted by Crippen LogP contribution is 2.39. The van der Waals surface area contributed by atoms with Gasteiger partial charge in [-0.3, -0.25) is 0 Å². The third-order valence-corrected chi connectivity index (χ3v) is 3.35. The van der Waals surface area contributed by atoms with Crippen LogP contribution >= 0.6 is 0 Å². The average Bonchev–Trinajstić information content (AvgIpc) is 3.20. The van der Waals surface area contributed by atoms with E-state index in [1.807, 2.05) is 0 Å². The molecule has 1 saturated carbocycles. The van der Waals surface area contributed by atoms with E-state index in [1.165, 1.54) is 17.0 Å². The number of hydrogen-bond donors (Lipinski definition) is 1. The van der Waals surface area contributed by atoms with Crippen molar-refractivity contribution in [2.45, 2.75) is 19.0 Å². The zero-order valence-electron chi connectivity index (χ0n) is 11.2. The van der Waals surface area contributed by atoms with E-state index in [0.29, 0.717) is 18.5 Å². The van der Waals surface area contributed by atoms with E-state index in [9.17, 15) is 18.0 Å². The van der Waals surface area contributed by atoms with Gasteiger partial charge in [-0.2, -0.15) is 13.2 Å². The van der Waals surface area contributed by atoms with E-state index in [4.69, 9.17) is 11.5 Å². The largest absolute Gasteiger partial charge is 0.478 e. The molecule has 0 aromatic heterocycles. The summed E-state index contributed by atoms with van der Waals surface area (Å²) in [6.07, 6.45) is 2.57. The lowest BCUT2D eigenvalue weighted by Gasteiger charge is -2.26. The van der Waals surface area contributed by atoms with Gasteiger partial charge >= 0.3 is 12.1 Å². The Morgan fingerprint density at radius 3 is 2.57 bits per heavy atom. The normalized spacial score (nSPS) is 14.6. The molecule has 2 rings (SSSR count). The second-order valence-electron chi connectivity index (χ2n) is 5.06. The second kappa shape index (κ2) is 5.68. The summed E-state index contributed by atoms with van der Waals surface area (Å²) in [7, 11) is 0. The Balaban J connectivity index is 2.44. The molecule has 1 fully saturated rings. The van der Waals surface area contributed by atoms with Crippen LogP contribution in [0.5, 0.6) is 0 Å². The summed E-state index contributed by atoms with van der Waals surface area (Å²) < 4.78 is 39.5. The van der Waals surface area contributed by atoms with Crippen molar-refractivity contribution in [2.24, 2.45) is 5.92 Å². The predicted molar refractivity (Wildman–Crippen MR) is 72.2 cm³/mol. The van der Waals surface area contributed by atoms with Crippen LogP contribution in [0.4, 0.5) is 18.9 Å². The standard InChI is InChI=1S/C15H14F3NO2/c1-2-7-19(9-10-3-4-10)13-6-5-11(14(20)21)8-12(13)15(16,17)18/h1,5-6,8,10H,3-4,7,9H2,(H,20,21). The molecule has 1 aromatic rings. The summed E-state index contributed by atoms with van der Waals surface area (Å²) in [6, 6.07) is 3.02. The van der Waals surface area contributed by atoms with Crippen molar-refractivity contribution >= 4 is 11.7 Å². The highest BCUT2D eigenvalue weighted by Gasteiger charge is 2.36. The molecule has 0 atom stereocenters. The van der Waals surface area contributed by atoms with Crippen molar-refractivity contribution in [3.8, 4) is 12.3 Å². The van der Waals surface area contributed by atoms with Crippen LogP contribution in [-0.2, 0) is 6.18 Å². The van der Waals surface area contributed by atoms with Gasteiger partial charge in [0, 0.05) is 12.2 Å². The van der Waals surface area contributed by atoms with Gasteiger partial charge in [0.15, 0.2) is 0 Å². The van der Waals surface area contributed by atoms with Gasteiger partial charge in [-0.15, -0.1) is 6.42 Å². The van der Waals surface area contributed by atoms with Crippen LogP contribution in [-0.4, -0.2) is 24.2 Å². The fourth-order valence-corrected chi connectivity index (χ4v) is 2.14. The van der Waals surface area contributed by atoms with Gasteiger partial charge in [0.05, 0.1) is 17.7 Å². The number of carboxylic acid groups (broad SMARTS) is 1. The molecule has 1 aliphatic rings. The Hall–Kier alpha value is -2.16. The zero-order valence-corrected chi connectivity index (χ0v) is 11.2. The highest BCUT2D eigenvalue weighted by atomic mass is 19.4. The lowest BCUT2D eigenvalue weighted by molar-refractivity contribution is -0.137. The van der Waals surface area contributed by atoms with E-state index in [0.717, 1.165) is 12.8 Å². The molecule has 0 amide bonds. The zero-order chi connectivity index (χ0) is 15.6. The van der Waals surface area contributed by atoms with E-state index in [2.05, 4.69) is 5.92 Å². The van der Waals surface area contributed by atoms with E-state index in [1.54, 1.807) is 0 Å². The van der Waals surface area contributed by atoms with Crippen molar-refractivity contribution in [1.29, 1.82) is 0 Å². The van der Waals surface area contributed by atoms with Gasteiger partial charge < -0.3 is 10.0 Å². The summed E-state index contributed by atoms with van der Waals surface area (Å²) in [6.45, 7) is 0.520. The number of benzene rings is 1. The summed E-state index contributed by atoms with van der Waals surface area (Å²) in [4.78, 5) is 12.4. The lowest BCUT2D eigenvalue weighted by atomic mass is 10.1. The first kappa shape index (κ1) is 15.2. The topological polar surface area (TPSA) is 40.5 Å². The number of anilines is 1. The molecule has 0 heterocycles. The van der Waals surface area contributed by atoms with Crippen LogP contribution in [0.25, 0.3) is 0 Å². The van der Waals surface area contributed by atoms with Gasteiger partial charge in [-0.25, -0.2) is 4.79 Å². The number of rotatable bonds is 5. The van der Waals surface area contributed by atoms with Crippen molar-refractivity contribution in [1.82, 2.24) is 0 Å². The minimum Gasteiger partial charge on any atom is -0.478 e. The molecule has 0 spiro atoms. The highest BCUT2D eigenvalue weighted by molar-refractivity contribution is 5.88. The molecule has 0 saturated heterocycles. The van der Waals surface area contributed by atoms with Crippen LogP contribution in [0, 0.1) is 18.3 Å². The van der Waals surface area contributed by atoms with Gasteiger partial charge in [0.2, 0.25) is 0 Å². The number of nitrogens with zero attached hydrogens (tertiary/aromatic N) is 1. The van der Waals surface area contributed by atoms with Crippen molar-refractivity contribution in [3.05, 3.63) is 29.3 Å². The molecule has 112 valence electrons. The molecule has 6 heteroatoms. The van der Waals surface area contributed by atoms with Gasteiger partial charge in [-0.1, -0.05) is 5.92 Å². The van der Waals surface area contributed by atoms with Crippen LogP contribution < -0.4 is 4.90 Å². The maximum Gasteiger partial charge on any atom is 0.418 e. The molecule has 1 aromatic carbocycles. The Morgan fingerprint density at radius 2 is 2.10 bits per heavy atom. The Labute approximate surface area is 120 Å². The molecule has 0 unspecified atom stereocenters. The Bertz CT molecular complexity index is 586. The fourth-order valence-electron chi connectivity index (χ4n) is 2.14. The number of halogens is 3. The second-order valence-corrected chi connectivity index (χ2v) is 5.06. The van der Waals surface area contributed by atoms with Crippen LogP contribution in [0.15, 0.2) is 18.2 Å². The van der Waals surface area contributed by atoms with Crippen LogP contribution in [0.2, 0.25) is 0 Å². The smallest absolute Gasteiger partial charge is 0.418 e. The maximum atomic E-state index is 13.2. The molecular formula is C15H14F3NO2. The molecule has 0 radical (unpaired) electrons. The molecule has 21 heavy (non-hydrogen) atoms. The predicted octanol–water partition coefficient (Wildman–Crippen LogP) is 3.25. The van der Waals surface area contributed by atoms with Crippen molar-refractivity contribution in [3.63, 3.8) is 0 Å². The average molecular weight is 297 g/mol. The number of carbonyl (C=O) groups is 1. The molecule has 0 bridgehead atoms. The molecule has 3 nitrogen and oxygen atoms in total. The number of alkyl halides is 3. The minimum atomic E-state index is -4.63. The minimum absolute atomic E-state index is 0.0580. The van der Waals surface area contributed by atoms with E-state index in [-0.39, 0.29) is 12.2 Å². The number of aromatic carboxylic acids is 1. The van der Waals surface area contributed by atoms with Crippen LogP contribution in [0.1, 0.15) is 28.8 Å². The third-order valence-electron chi connectivity index (χ3n) is 3.35. The van der Waals surface area contributed by atoms with Gasteiger partial charge in [-0.05, 0) is 37.0 Å². The van der Waals surface area contributed by atoms with Crippen LogP contribution in [0.3, 0.4) is 0 Å². The third kappa shape index (κ3) is 3.69. The van der Waals surface area contributed by atoms with Gasteiger partial charge in [0.1, 0.15) is 0 Å². The first-order valence-corrected chi connectivity index (χ1v) is 6.46. The lowest BCUT2D eigenvalue weighted by Crippen LogP contribution is -2.28. The first-order chi connectivity index (χ1) is 9.82. The Morgan fingerprint density at radius 1 is 1.43 bits per heavy atom. The summed E-state index contributed by atoms with van der Waals surface area (Å²) >= 11 is 0. The maximum absolute atomic E-state index is 13.2. The number of terminal acetylenes is 1.